The number of carbonyl (C=O) groups excluding carboxylic acids is 1. The predicted molar refractivity (Wildman–Crippen MR) is 57.6 cm³/mol. The molecule has 1 N–H and O–H groups in total. The quantitative estimate of drug-likeness (QED) is 0.688. The van der Waals surface area contributed by atoms with Crippen molar-refractivity contribution in [3.8, 4) is 0 Å². The van der Waals surface area contributed by atoms with E-state index in [9.17, 15) is 9.59 Å². The zero-order valence-corrected chi connectivity index (χ0v) is 9.37. The molecule has 0 radical (unpaired) electrons. The maximum Gasteiger partial charge on any atom is 0.303 e. The molecule has 0 aliphatic heterocycles. The monoisotopic (exact) mass is 212 g/mol. The molecule has 1 aliphatic carbocycles. The second-order valence-electron chi connectivity index (χ2n) is 4.47. The Kier molecular flexibility index (Phi) is 4.79. The van der Waals surface area contributed by atoms with Crippen LogP contribution in [0, 0.1) is 11.8 Å². The Hall–Kier alpha value is -0.860. The van der Waals surface area contributed by atoms with Crippen LogP contribution in [0.3, 0.4) is 0 Å². The van der Waals surface area contributed by atoms with Crippen LogP contribution in [0.15, 0.2) is 0 Å². The summed E-state index contributed by atoms with van der Waals surface area (Å²) in [5.41, 5.74) is 0. The van der Waals surface area contributed by atoms with Gasteiger partial charge >= 0.3 is 5.97 Å². The Morgan fingerprint density at radius 3 is 2.80 bits per heavy atom. The molecule has 3 nitrogen and oxygen atoms in total. The summed E-state index contributed by atoms with van der Waals surface area (Å²) in [6, 6.07) is 0. The molecule has 1 rings (SSSR count). The zero-order chi connectivity index (χ0) is 11.3. The first-order valence-electron chi connectivity index (χ1n) is 5.89. The van der Waals surface area contributed by atoms with E-state index in [-0.39, 0.29) is 24.0 Å². The molecule has 0 bridgehead atoms. The Morgan fingerprint density at radius 1 is 1.47 bits per heavy atom. The molecule has 0 aromatic heterocycles. The van der Waals surface area contributed by atoms with Gasteiger partial charge in [0.1, 0.15) is 5.78 Å². The third kappa shape index (κ3) is 3.65. The van der Waals surface area contributed by atoms with Crippen LogP contribution in [0.4, 0.5) is 0 Å². The van der Waals surface area contributed by atoms with Crippen molar-refractivity contribution in [1.29, 1.82) is 0 Å². The molecule has 0 aromatic carbocycles. The first-order chi connectivity index (χ1) is 7.15. The number of ketones is 1. The Bertz CT molecular complexity index is 235. The average Bonchev–Trinajstić information content (AvgIpc) is 2.49. The van der Waals surface area contributed by atoms with Crippen molar-refractivity contribution >= 4 is 11.8 Å². The average molecular weight is 212 g/mol. The van der Waals surface area contributed by atoms with Crippen LogP contribution in [0.5, 0.6) is 0 Å². The van der Waals surface area contributed by atoms with Gasteiger partial charge in [-0.05, 0) is 18.8 Å². The van der Waals surface area contributed by atoms with E-state index in [0.717, 1.165) is 32.1 Å². The minimum atomic E-state index is -0.768. The summed E-state index contributed by atoms with van der Waals surface area (Å²) in [5.74, 6) is -0.341. The van der Waals surface area contributed by atoms with Gasteiger partial charge in [-0.2, -0.15) is 0 Å². The largest absolute Gasteiger partial charge is 0.481 e. The van der Waals surface area contributed by atoms with E-state index in [0.29, 0.717) is 6.42 Å². The molecule has 0 amide bonds. The first-order valence-corrected chi connectivity index (χ1v) is 5.89. The predicted octanol–water partition coefficient (Wildman–Crippen LogP) is 2.64. The minimum Gasteiger partial charge on any atom is -0.481 e. The van der Waals surface area contributed by atoms with Crippen molar-refractivity contribution in [3.05, 3.63) is 0 Å². The lowest BCUT2D eigenvalue weighted by atomic mass is 9.88. The fourth-order valence-corrected chi connectivity index (χ4v) is 2.46. The van der Waals surface area contributed by atoms with Gasteiger partial charge in [0.15, 0.2) is 0 Å². The van der Waals surface area contributed by atoms with Crippen molar-refractivity contribution in [3.63, 3.8) is 0 Å². The standard InChI is InChI=1S/C12H20O3/c1-2-3-4-5-10-9(8-12(14)15)6-7-11(10)13/h9-10H,2-8H2,1H3,(H,14,15)/t9-,10?/m0/s1. The molecule has 3 heteroatoms. The van der Waals surface area contributed by atoms with Crippen LogP contribution >= 0.6 is 0 Å². The topological polar surface area (TPSA) is 54.4 Å². The van der Waals surface area contributed by atoms with Gasteiger partial charge in [0, 0.05) is 18.8 Å². The lowest BCUT2D eigenvalue weighted by molar-refractivity contribution is -0.138. The lowest BCUT2D eigenvalue weighted by Crippen LogP contribution is -2.17. The van der Waals surface area contributed by atoms with E-state index in [2.05, 4.69) is 6.92 Å². The van der Waals surface area contributed by atoms with Gasteiger partial charge in [-0.15, -0.1) is 0 Å². The van der Waals surface area contributed by atoms with E-state index in [1.54, 1.807) is 0 Å². The highest BCUT2D eigenvalue weighted by molar-refractivity contribution is 5.84. The molecule has 15 heavy (non-hydrogen) atoms. The molecule has 1 aliphatic rings. The number of carbonyl (C=O) groups is 2. The summed E-state index contributed by atoms with van der Waals surface area (Å²) < 4.78 is 0. The maximum absolute atomic E-state index is 11.6. The van der Waals surface area contributed by atoms with Crippen LogP contribution in [0.1, 0.15) is 51.9 Å². The van der Waals surface area contributed by atoms with E-state index in [4.69, 9.17) is 5.11 Å². The zero-order valence-electron chi connectivity index (χ0n) is 9.37. The smallest absolute Gasteiger partial charge is 0.303 e. The SMILES string of the molecule is CCCCCC1C(=O)CC[C@H]1CC(=O)O. The Morgan fingerprint density at radius 2 is 2.20 bits per heavy atom. The first kappa shape index (κ1) is 12.2. The number of hydrogen-bond donors (Lipinski definition) is 1. The number of unbranched alkanes of at least 4 members (excludes halogenated alkanes) is 2. The van der Waals surface area contributed by atoms with E-state index < -0.39 is 5.97 Å². The highest BCUT2D eigenvalue weighted by atomic mass is 16.4. The van der Waals surface area contributed by atoms with Gasteiger partial charge < -0.3 is 5.11 Å². The molecular formula is C12H20O3. The molecule has 86 valence electrons. The molecule has 1 fully saturated rings. The fraction of sp³-hybridized carbons (Fsp3) is 0.833. The van der Waals surface area contributed by atoms with Crippen LogP contribution < -0.4 is 0 Å². The van der Waals surface area contributed by atoms with Crippen molar-refractivity contribution in [2.24, 2.45) is 11.8 Å². The lowest BCUT2D eigenvalue weighted by Gasteiger charge is -2.15. The summed E-state index contributed by atoms with van der Waals surface area (Å²) in [4.78, 5) is 22.2. The van der Waals surface area contributed by atoms with Crippen molar-refractivity contribution < 1.29 is 14.7 Å². The summed E-state index contributed by atoms with van der Waals surface area (Å²) in [6.45, 7) is 2.13. The summed E-state index contributed by atoms with van der Waals surface area (Å²) in [7, 11) is 0. The highest BCUT2D eigenvalue weighted by Crippen LogP contribution is 2.34. The van der Waals surface area contributed by atoms with Gasteiger partial charge in [-0.3, -0.25) is 9.59 Å². The van der Waals surface area contributed by atoms with Crippen LogP contribution in [0.25, 0.3) is 0 Å². The summed E-state index contributed by atoms with van der Waals surface area (Å²) in [5, 5.41) is 8.74. The molecule has 0 saturated heterocycles. The number of rotatable bonds is 6. The second-order valence-corrected chi connectivity index (χ2v) is 4.47. The van der Waals surface area contributed by atoms with Gasteiger partial charge in [-0.1, -0.05) is 26.2 Å². The normalized spacial score (nSPS) is 25.8. The number of carboxylic acid groups (broad SMARTS) is 1. The minimum absolute atomic E-state index is 0.0349. The summed E-state index contributed by atoms with van der Waals surface area (Å²) in [6.07, 6.45) is 5.78. The third-order valence-corrected chi connectivity index (χ3v) is 3.30. The molecule has 2 atom stereocenters. The summed E-state index contributed by atoms with van der Waals surface area (Å²) >= 11 is 0. The molecule has 1 unspecified atom stereocenters. The van der Waals surface area contributed by atoms with Crippen LogP contribution in [0.2, 0.25) is 0 Å². The molecule has 0 aromatic rings. The Labute approximate surface area is 90.9 Å². The van der Waals surface area contributed by atoms with E-state index in [1.807, 2.05) is 0 Å². The number of hydrogen-bond acceptors (Lipinski definition) is 2. The number of carboxylic acids is 1. The fourth-order valence-electron chi connectivity index (χ4n) is 2.46. The van der Waals surface area contributed by atoms with Crippen molar-refractivity contribution in [2.75, 3.05) is 0 Å². The van der Waals surface area contributed by atoms with Crippen molar-refractivity contribution in [2.45, 2.75) is 51.9 Å². The van der Waals surface area contributed by atoms with E-state index >= 15 is 0 Å². The van der Waals surface area contributed by atoms with Gasteiger partial charge in [0.2, 0.25) is 0 Å². The molecule has 0 heterocycles. The molecular weight excluding hydrogens is 192 g/mol. The Balaban J connectivity index is 2.41. The highest BCUT2D eigenvalue weighted by Gasteiger charge is 2.34. The van der Waals surface area contributed by atoms with Gasteiger partial charge in [-0.25, -0.2) is 0 Å². The van der Waals surface area contributed by atoms with Gasteiger partial charge in [0.25, 0.3) is 0 Å². The van der Waals surface area contributed by atoms with Gasteiger partial charge in [0.05, 0.1) is 0 Å². The van der Waals surface area contributed by atoms with Crippen LogP contribution in [-0.2, 0) is 9.59 Å². The molecule has 0 spiro atoms. The maximum atomic E-state index is 11.6. The number of aliphatic carboxylic acids is 1. The number of Topliss-reactive ketones (excluding diaryl/α,β-unsaturated/α-hetero) is 1. The second kappa shape index (κ2) is 5.89. The molecule has 1 saturated carbocycles. The third-order valence-electron chi connectivity index (χ3n) is 3.30. The van der Waals surface area contributed by atoms with E-state index in [1.165, 1.54) is 0 Å². The van der Waals surface area contributed by atoms with Crippen LogP contribution in [-0.4, -0.2) is 16.9 Å². The van der Waals surface area contributed by atoms with Crippen molar-refractivity contribution in [1.82, 2.24) is 0 Å².